The first kappa shape index (κ1) is 18.0. The van der Waals surface area contributed by atoms with Crippen LogP contribution in [0.1, 0.15) is 56.8 Å². The number of aromatic amines is 1. The van der Waals surface area contributed by atoms with Crippen LogP contribution in [0.15, 0.2) is 42.7 Å². The highest BCUT2D eigenvalue weighted by Gasteiger charge is 1.94. The van der Waals surface area contributed by atoms with Gasteiger partial charge in [-0.2, -0.15) is 0 Å². The lowest BCUT2D eigenvalue weighted by molar-refractivity contribution is 0.602. The second-order valence-electron chi connectivity index (χ2n) is 5.17. The van der Waals surface area contributed by atoms with E-state index in [1.165, 1.54) is 44.1 Å². The van der Waals surface area contributed by atoms with E-state index >= 15 is 0 Å². The number of unbranched alkanes of at least 4 members (excludes halogenated alkanes) is 5. The number of hydrogen-bond donors (Lipinski definition) is 1. The third-order valence-corrected chi connectivity index (χ3v) is 3.97. The van der Waals surface area contributed by atoms with Gasteiger partial charge in [-0.25, -0.2) is 4.98 Å². The summed E-state index contributed by atoms with van der Waals surface area (Å²) in [4.78, 5) is 7.32. The van der Waals surface area contributed by atoms with Crippen LogP contribution in [0.4, 0.5) is 0 Å². The lowest BCUT2D eigenvalue weighted by Crippen LogP contribution is -1.88. The maximum absolute atomic E-state index is 4.19. The van der Waals surface area contributed by atoms with Gasteiger partial charge in [0.2, 0.25) is 0 Å². The molecule has 0 atom stereocenters. The molecular formula is C18H27BrN2. The van der Waals surface area contributed by atoms with E-state index in [0.29, 0.717) is 0 Å². The van der Waals surface area contributed by atoms with Crippen molar-refractivity contribution < 1.29 is 0 Å². The molecule has 0 saturated carbocycles. The van der Waals surface area contributed by atoms with E-state index in [1.807, 2.05) is 30.6 Å². The molecule has 0 aliphatic rings. The molecule has 0 spiro atoms. The number of rotatable bonds is 8. The second-order valence-corrected chi connectivity index (χ2v) is 5.73. The van der Waals surface area contributed by atoms with Gasteiger partial charge >= 0.3 is 0 Å². The van der Waals surface area contributed by atoms with E-state index in [0.717, 1.165) is 17.6 Å². The minimum absolute atomic E-state index is 0.952. The van der Waals surface area contributed by atoms with Crippen LogP contribution < -0.4 is 0 Å². The van der Waals surface area contributed by atoms with E-state index in [2.05, 4.69) is 45.0 Å². The first-order valence-corrected chi connectivity index (χ1v) is 9.07. The molecule has 0 bridgehead atoms. The molecule has 2 aromatic rings. The highest BCUT2D eigenvalue weighted by molar-refractivity contribution is 9.08. The molecular weight excluding hydrogens is 324 g/mol. The van der Waals surface area contributed by atoms with Crippen molar-refractivity contribution in [3.05, 3.63) is 54.1 Å². The quantitative estimate of drug-likeness (QED) is 0.466. The Labute approximate surface area is 137 Å². The van der Waals surface area contributed by atoms with Crippen LogP contribution in [0, 0.1) is 0 Å². The van der Waals surface area contributed by atoms with Gasteiger partial charge in [0.1, 0.15) is 5.82 Å². The SMILES string of the molecule is BrCc1ccccc1.CCCCCCCCc1ncc[nH]1. The summed E-state index contributed by atoms with van der Waals surface area (Å²) < 4.78 is 0. The zero-order chi connectivity index (χ0) is 15.2. The average molecular weight is 351 g/mol. The molecule has 116 valence electrons. The van der Waals surface area contributed by atoms with Crippen LogP contribution in [0.25, 0.3) is 0 Å². The summed E-state index contributed by atoms with van der Waals surface area (Å²) >= 11 is 3.36. The third kappa shape index (κ3) is 9.46. The number of aromatic nitrogens is 2. The number of halogens is 1. The molecule has 1 aromatic heterocycles. The summed E-state index contributed by atoms with van der Waals surface area (Å²) in [5.41, 5.74) is 1.33. The Morgan fingerprint density at radius 1 is 1.00 bits per heavy atom. The Hall–Kier alpha value is -1.09. The zero-order valence-corrected chi connectivity index (χ0v) is 14.6. The van der Waals surface area contributed by atoms with E-state index in [1.54, 1.807) is 0 Å². The van der Waals surface area contributed by atoms with Gasteiger partial charge in [-0.15, -0.1) is 0 Å². The standard InChI is InChI=1S/C11H20N2.C7H7Br/c1-2-3-4-5-6-7-8-11-12-9-10-13-11;8-6-7-4-2-1-3-5-7/h9-10H,2-8H2,1H3,(H,12,13);1-5H,6H2. The van der Waals surface area contributed by atoms with Gasteiger partial charge in [0.25, 0.3) is 0 Å². The number of benzene rings is 1. The third-order valence-electron chi connectivity index (χ3n) is 3.32. The normalized spacial score (nSPS) is 10.0. The molecule has 0 saturated heterocycles. The molecule has 1 aromatic carbocycles. The number of hydrogen-bond acceptors (Lipinski definition) is 1. The molecule has 0 unspecified atom stereocenters. The van der Waals surface area contributed by atoms with Gasteiger partial charge in [0.05, 0.1) is 0 Å². The van der Waals surface area contributed by atoms with Crippen molar-refractivity contribution in [2.75, 3.05) is 0 Å². The van der Waals surface area contributed by atoms with Gasteiger partial charge in [0, 0.05) is 24.1 Å². The number of imidazole rings is 1. The van der Waals surface area contributed by atoms with E-state index < -0.39 is 0 Å². The second kappa shape index (κ2) is 12.6. The molecule has 2 nitrogen and oxygen atoms in total. The monoisotopic (exact) mass is 350 g/mol. The first-order valence-electron chi connectivity index (χ1n) is 7.95. The van der Waals surface area contributed by atoms with Crippen LogP contribution in [-0.2, 0) is 11.8 Å². The lowest BCUT2D eigenvalue weighted by Gasteiger charge is -1.98. The Kier molecular flexibility index (Phi) is 10.8. The summed E-state index contributed by atoms with van der Waals surface area (Å²) in [6.07, 6.45) is 13.0. The largest absolute Gasteiger partial charge is 0.349 e. The molecule has 0 fully saturated rings. The molecule has 2 rings (SSSR count). The van der Waals surface area contributed by atoms with Crippen molar-refractivity contribution >= 4 is 15.9 Å². The van der Waals surface area contributed by atoms with Crippen molar-refractivity contribution in [1.82, 2.24) is 9.97 Å². The van der Waals surface area contributed by atoms with Crippen molar-refractivity contribution in [3.8, 4) is 0 Å². The van der Waals surface area contributed by atoms with Crippen LogP contribution in [0.3, 0.4) is 0 Å². The van der Waals surface area contributed by atoms with Crippen molar-refractivity contribution in [3.63, 3.8) is 0 Å². The molecule has 0 aliphatic carbocycles. The zero-order valence-electron chi connectivity index (χ0n) is 13.0. The molecule has 3 heteroatoms. The smallest absolute Gasteiger partial charge is 0.105 e. The lowest BCUT2D eigenvalue weighted by atomic mass is 10.1. The van der Waals surface area contributed by atoms with Crippen molar-refractivity contribution in [2.45, 2.75) is 57.2 Å². The van der Waals surface area contributed by atoms with Crippen molar-refractivity contribution in [2.24, 2.45) is 0 Å². The molecule has 1 N–H and O–H groups in total. The predicted octanol–water partition coefficient (Wildman–Crippen LogP) is 5.89. The van der Waals surface area contributed by atoms with Gasteiger partial charge in [-0.05, 0) is 12.0 Å². The molecule has 1 heterocycles. The molecule has 0 aliphatic heterocycles. The fraction of sp³-hybridized carbons (Fsp3) is 0.500. The average Bonchev–Trinajstić information content (AvgIpc) is 3.05. The Balaban J connectivity index is 0.000000235. The van der Waals surface area contributed by atoms with Gasteiger partial charge in [-0.3, -0.25) is 0 Å². The van der Waals surface area contributed by atoms with Crippen LogP contribution >= 0.6 is 15.9 Å². The van der Waals surface area contributed by atoms with E-state index in [9.17, 15) is 0 Å². The maximum Gasteiger partial charge on any atom is 0.105 e. The first-order chi connectivity index (χ1) is 10.4. The van der Waals surface area contributed by atoms with E-state index in [-0.39, 0.29) is 0 Å². The summed E-state index contributed by atoms with van der Waals surface area (Å²) in [5, 5.41) is 0.952. The molecule has 0 amide bonds. The van der Waals surface area contributed by atoms with Crippen LogP contribution in [-0.4, -0.2) is 9.97 Å². The highest BCUT2D eigenvalue weighted by atomic mass is 79.9. The summed E-state index contributed by atoms with van der Waals surface area (Å²) in [6, 6.07) is 10.3. The Morgan fingerprint density at radius 3 is 2.29 bits per heavy atom. The Bertz CT molecular complexity index is 426. The number of nitrogens with zero attached hydrogens (tertiary/aromatic N) is 1. The highest BCUT2D eigenvalue weighted by Crippen LogP contribution is 2.07. The fourth-order valence-electron chi connectivity index (χ4n) is 2.07. The fourth-order valence-corrected chi connectivity index (χ4v) is 2.45. The predicted molar refractivity (Wildman–Crippen MR) is 94.7 cm³/mol. The number of aryl methyl sites for hydroxylation is 1. The summed E-state index contributed by atoms with van der Waals surface area (Å²) in [5.74, 6) is 1.13. The topological polar surface area (TPSA) is 28.7 Å². The van der Waals surface area contributed by atoms with Gasteiger partial charge in [0.15, 0.2) is 0 Å². The number of H-pyrrole nitrogens is 1. The molecule has 21 heavy (non-hydrogen) atoms. The van der Waals surface area contributed by atoms with Gasteiger partial charge in [-0.1, -0.05) is 85.3 Å². The number of alkyl halides is 1. The van der Waals surface area contributed by atoms with Crippen molar-refractivity contribution in [1.29, 1.82) is 0 Å². The van der Waals surface area contributed by atoms with Crippen LogP contribution in [0.2, 0.25) is 0 Å². The minimum Gasteiger partial charge on any atom is -0.349 e. The van der Waals surface area contributed by atoms with Gasteiger partial charge < -0.3 is 4.98 Å². The molecule has 0 radical (unpaired) electrons. The minimum atomic E-state index is 0.952. The summed E-state index contributed by atoms with van der Waals surface area (Å²) in [7, 11) is 0. The number of nitrogens with one attached hydrogen (secondary N) is 1. The summed E-state index contributed by atoms with van der Waals surface area (Å²) in [6.45, 7) is 2.25. The Morgan fingerprint density at radius 2 is 1.71 bits per heavy atom. The van der Waals surface area contributed by atoms with Crippen LogP contribution in [0.5, 0.6) is 0 Å². The maximum atomic E-state index is 4.19. The van der Waals surface area contributed by atoms with E-state index in [4.69, 9.17) is 0 Å².